The highest BCUT2D eigenvalue weighted by atomic mass is 16.1. The lowest BCUT2D eigenvalue weighted by molar-refractivity contribution is -0.113. The lowest BCUT2D eigenvalue weighted by Crippen LogP contribution is -2.57. The molecule has 2 aromatic carbocycles. The van der Waals surface area contributed by atoms with Crippen molar-refractivity contribution < 1.29 is 4.79 Å². The first-order valence-corrected chi connectivity index (χ1v) is 9.99. The number of hydrogen-bond acceptors (Lipinski definition) is 4. The van der Waals surface area contributed by atoms with Gasteiger partial charge in [0.1, 0.15) is 6.17 Å². The maximum atomic E-state index is 12.1. The van der Waals surface area contributed by atoms with Gasteiger partial charge in [0.15, 0.2) is 6.29 Å². The molecule has 0 radical (unpaired) electrons. The van der Waals surface area contributed by atoms with Crippen molar-refractivity contribution in [2.75, 3.05) is 31.1 Å². The predicted molar refractivity (Wildman–Crippen MR) is 110 cm³/mol. The van der Waals surface area contributed by atoms with Gasteiger partial charge in [0.05, 0.1) is 0 Å². The Kier molecular flexibility index (Phi) is 5.28. The van der Waals surface area contributed by atoms with Gasteiger partial charge in [-0.3, -0.25) is 14.6 Å². The summed E-state index contributed by atoms with van der Waals surface area (Å²) >= 11 is 0. The topological polar surface area (TPSA) is 26.8 Å². The number of hydrogen-bond donors (Lipinski definition) is 0. The summed E-state index contributed by atoms with van der Waals surface area (Å²) in [5.74, 6) is 0. The molecule has 0 amide bonds. The molecule has 2 aliphatic rings. The number of aldehydes is 1. The van der Waals surface area contributed by atoms with Gasteiger partial charge in [-0.25, -0.2) is 0 Å². The van der Waals surface area contributed by atoms with Crippen molar-refractivity contribution in [1.29, 1.82) is 0 Å². The molecule has 0 spiro atoms. The summed E-state index contributed by atoms with van der Waals surface area (Å²) in [7, 11) is 0. The van der Waals surface area contributed by atoms with E-state index in [4.69, 9.17) is 0 Å². The van der Waals surface area contributed by atoms with Gasteiger partial charge < -0.3 is 4.90 Å². The van der Waals surface area contributed by atoms with E-state index in [2.05, 4.69) is 77.1 Å². The summed E-state index contributed by atoms with van der Waals surface area (Å²) in [6, 6.07) is 17.7. The Hall–Kier alpha value is -2.17. The maximum absolute atomic E-state index is 12.1. The van der Waals surface area contributed by atoms with Crippen LogP contribution in [0.4, 0.5) is 5.69 Å². The van der Waals surface area contributed by atoms with Crippen LogP contribution in [-0.2, 0) is 17.8 Å². The second kappa shape index (κ2) is 7.83. The lowest BCUT2D eigenvalue weighted by Gasteiger charge is -2.42. The predicted octanol–water partition coefficient (Wildman–Crippen LogP) is 3.09. The van der Waals surface area contributed by atoms with E-state index in [-0.39, 0.29) is 6.17 Å². The fourth-order valence-electron chi connectivity index (χ4n) is 4.46. The van der Waals surface area contributed by atoms with E-state index in [1.807, 2.05) is 0 Å². The second-order valence-corrected chi connectivity index (χ2v) is 7.94. The summed E-state index contributed by atoms with van der Waals surface area (Å²) in [5, 5.41) is 0. The molecule has 142 valence electrons. The number of rotatable bonds is 5. The van der Waals surface area contributed by atoms with Crippen LogP contribution in [0.1, 0.15) is 23.6 Å². The lowest BCUT2D eigenvalue weighted by atomic mass is 10.1. The number of piperazine rings is 1. The highest BCUT2D eigenvalue weighted by Crippen LogP contribution is 2.34. The molecule has 2 unspecified atom stereocenters. The number of aryl methyl sites for hydroxylation is 1. The number of anilines is 1. The largest absolute Gasteiger partial charge is 0.346 e. The van der Waals surface area contributed by atoms with Gasteiger partial charge >= 0.3 is 0 Å². The van der Waals surface area contributed by atoms with E-state index in [1.54, 1.807) is 0 Å². The monoisotopic (exact) mass is 363 g/mol. The Morgan fingerprint density at radius 3 is 2.44 bits per heavy atom. The molecule has 0 aliphatic carbocycles. The van der Waals surface area contributed by atoms with Crippen LogP contribution in [0, 0.1) is 6.92 Å². The Morgan fingerprint density at radius 2 is 1.74 bits per heavy atom. The maximum Gasteiger partial charge on any atom is 0.157 e. The van der Waals surface area contributed by atoms with Crippen LogP contribution in [-0.4, -0.2) is 54.5 Å². The average Bonchev–Trinajstić information content (AvgIpc) is 3.02. The smallest absolute Gasteiger partial charge is 0.157 e. The zero-order valence-corrected chi connectivity index (χ0v) is 16.3. The fourth-order valence-corrected chi connectivity index (χ4v) is 4.46. The summed E-state index contributed by atoms with van der Waals surface area (Å²) in [6.07, 6.45) is 1.99. The normalized spacial score (nSPS) is 21.9. The summed E-state index contributed by atoms with van der Waals surface area (Å²) in [4.78, 5) is 19.2. The van der Waals surface area contributed by atoms with Gasteiger partial charge in [-0.15, -0.1) is 0 Å². The van der Waals surface area contributed by atoms with Crippen molar-refractivity contribution >= 4 is 12.0 Å². The Labute approximate surface area is 162 Å². The van der Waals surface area contributed by atoms with Gasteiger partial charge in [-0.05, 0) is 37.5 Å². The first kappa shape index (κ1) is 18.2. The van der Waals surface area contributed by atoms with Crippen molar-refractivity contribution in [2.45, 2.75) is 39.0 Å². The Morgan fingerprint density at radius 1 is 1.04 bits per heavy atom. The van der Waals surface area contributed by atoms with Crippen molar-refractivity contribution in [3.8, 4) is 0 Å². The van der Waals surface area contributed by atoms with E-state index in [1.165, 1.54) is 22.4 Å². The van der Waals surface area contributed by atoms with Crippen molar-refractivity contribution in [3.05, 3.63) is 65.2 Å². The Bertz CT molecular complexity index is 780. The van der Waals surface area contributed by atoms with Crippen molar-refractivity contribution in [3.63, 3.8) is 0 Å². The van der Waals surface area contributed by atoms with Crippen LogP contribution in [0.3, 0.4) is 0 Å². The average molecular weight is 364 g/mol. The molecule has 4 heteroatoms. The van der Waals surface area contributed by atoms with Crippen LogP contribution in [0.5, 0.6) is 0 Å². The number of carbonyl (C=O) groups is 1. The highest BCUT2D eigenvalue weighted by Gasteiger charge is 2.35. The van der Waals surface area contributed by atoms with Gasteiger partial charge in [0, 0.05) is 44.5 Å². The molecule has 0 bridgehead atoms. The van der Waals surface area contributed by atoms with Crippen LogP contribution < -0.4 is 4.90 Å². The van der Waals surface area contributed by atoms with Gasteiger partial charge in [-0.2, -0.15) is 0 Å². The van der Waals surface area contributed by atoms with E-state index in [9.17, 15) is 4.79 Å². The number of nitrogens with zero attached hydrogens (tertiary/aromatic N) is 3. The van der Waals surface area contributed by atoms with E-state index < -0.39 is 0 Å². The van der Waals surface area contributed by atoms with Crippen LogP contribution in [0.25, 0.3) is 0 Å². The van der Waals surface area contributed by atoms with Crippen molar-refractivity contribution in [1.82, 2.24) is 9.80 Å². The molecular weight excluding hydrogens is 334 g/mol. The Balaban J connectivity index is 1.41. The van der Waals surface area contributed by atoms with E-state index in [0.29, 0.717) is 6.04 Å². The zero-order chi connectivity index (χ0) is 18.8. The van der Waals surface area contributed by atoms with Crippen molar-refractivity contribution in [2.24, 2.45) is 0 Å². The van der Waals surface area contributed by atoms with Gasteiger partial charge in [-0.1, -0.05) is 48.0 Å². The zero-order valence-electron chi connectivity index (χ0n) is 16.3. The minimum atomic E-state index is -0.162. The van der Waals surface area contributed by atoms with Gasteiger partial charge in [0.2, 0.25) is 0 Å². The number of fused-ring (bicyclic) bond motifs is 1. The SMILES string of the molecule is Cc1ccc(CN2CCN(C(C=O)N3c4ccccc4CC3C)CC2)cc1. The third-order valence-electron chi connectivity index (χ3n) is 5.97. The molecule has 2 heterocycles. The van der Waals surface area contributed by atoms with Crippen LogP contribution in [0.2, 0.25) is 0 Å². The quantitative estimate of drug-likeness (QED) is 0.763. The third-order valence-corrected chi connectivity index (χ3v) is 5.97. The first-order valence-electron chi connectivity index (χ1n) is 9.99. The summed E-state index contributed by atoms with van der Waals surface area (Å²) in [6.45, 7) is 9.21. The molecule has 1 fully saturated rings. The first-order chi connectivity index (χ1) is 13.2. The van der Waals surface area contributed by atoms with E-state index in [0.717, 1.165) is 45.4 Å². The molecule has 0 N–H and O–H groups in total. The molecule has 1 saturated heterocycles. The molecular formula is C23H29N3O. The molecule has 4 rings (SSSR count). The second-order valence-electron chi connectivity index (χ2n) is 7.94. The minimum Gasteiger partial charge on any atom is -0.346 e. The molecule has 27 heavy (non-hydrogen) atoms. The highest BCUT2D eigenvalue weighted by molar-refractivity contribution is 5.70. The number of carbonyl (C=O) groups excluding carboxylic acids is 1. The molecule has 0 saturated carbocycles. The minimum absolute atomic E-state index is 0.162. The summed E-state index contributed by atoms with van der Waals surface area (Å²) < 4.78 is 0. The number of para-hydroxylation sites is 1. The molecule has 0 aromatic heterocycles. The van der Waals surface area contributed by atoms with Gasteiger partial charge in [0.25, 0.3) is 0 Å². The standard InChI is InChI=1S/C23H29N3O/c1-18-7-9-20(10-8-18)16-24-11-13-25(14-12-24)23(17-27)26-19(2)15-21-5-3-4-6-22(21)26/h3-10,17,19,23H,11-16H2,1-2H3. The molecule has 2 atom stereocenters. The third kappa shape index (κ3) is 3.78. The van der Waals surface area contributed by atoms with Crippen LogP contribution in [0.15, 0.2) is 48.5 Å². The van der Waals surface area contributed by atoms with E-state index >= 15 is 0 Å². The fraction of sp³-hybridized carbons (Fsp3) is 0.435. The number of benzene rings is 2. The molecule has 2 aliphatic heterocycles. The molecule has 4 nitrogen and oxygen atoms in total. The summed E-state index contributed by atoms with van der Waals surface area (Å²) in [5.41, 5.74) is 5.25. The molecule has 2 aromatic rings. The van der Waals surface area contributed by atoms with Crippen LogP contribution >= 0.6 is 0 Å².